The maximum absolute atomic E-state index is 5.10. The van der Waals surface area contributed by atoms with Gasteiger partial charge in [0.1, 0.15) is 0 Å². The summed E-state index contributed by atoms with van der Waals surface area (Å²) < 4.78 is 0. The number of nitrogens with one attached hydrogen (secondary N) is 1. The number of hydrogen-bond acceptors (Lipinski definition) is 3. The molecule has 3 heteroatoms. The monoisotopic (exact) mass is 189 g/mol. The molecule has 0 spiro atoms. The van der Waals surface area contributed by atoms with Crippen LogP contribution >= 0.6 is 23.5 Å². The highest BCUT2D eigenvalue weighted by molar-refractivity contribution is 7.99. The smallest absolute Gasteiger partial charge is 0.0545 e. The van der Waals surface area contributed by atoms with Gasteiger partial charge in [0.2, 0.25) is 0 Å². The molecule has 0 fully saturated rings. The topological polar surface area (TPSA) is 12.0 Å². The predicted octanol–water partition coefficient (Wildman–Crippen LogP) is 1.31. The molecule has 0 aromatic carbocycles. The Morgan fingerprint density at radius 1 is 1.36 bits per heavy atom. The summed E-state index contributed by atoms with van der Waals surface area (Å²) in [6, 6.07) is 0. The van der Waals surface area contributed by atoms with Crippen molar-refractivity contribution in [1.82, 2.24) is 5.32 Å². The molecule has 0 radical (unpaired) electrons. The zero-order chi connectivity index (χ0) is 8.36. The van der Waals surface area contributed by atoms with Crippen molar-refractivity contribution in [1.29, 1.82) is 0 Å². The first-order valence-electron chi connectivity index (χ1n) is 3.62. The Hall–Kier alpha value is 0.220. The third kappa shape index (κ3) is 10.2. The number of rotatable bonds is 7. The molecule has 11 heavy (non-hydrogen) atoms. The summed E-state index contributed by atoms with van der Waals surface area (Å²) in [7, 11) is 0. The maximum Gasteiger partial charge on any atom is 0.0545 e. The largest absolute Gasteiger partial charge is 0.315 e. The van der Waals surface area contributed by atoms with Crippen LogP contribution in [0.2, 0.25) is 0 Å². The van der Waals surface area contributed by atoms with Crippen LogP contribution in [-0.2, 0) is 0 Å². The van der Waals surface area contributed by atoms with E-state index in [4.69, 9.17) is 6.42 Å². The maximum atomic E-state index is 5.10. The van der Waals surface area contributed by atoms with Crippen LogP contribution in [0.25, 0.3) is 0 Å². The molecule has 0 amide bonds. The van der Waals surface area contributed by atoms with Gasteiger partial charge in [-0.3, -0.25) is 0 Å². The molecule has 0 unspecified atom stereocenters. The molecule has 0 bridgehead atoms. The van der Waals surface area contributed by atoms with Crippen molar-refractivity contribution in [2.75, 3.05) is 36.6 Å². The van der Waals surface area contributed by atoms with E-state index < -0.39 is 0 Å². The van der Waals surface area contributed by atoms with Gasteiger partial charge in [-0.2, -0.15) is 11.8 Å². The van der Waals surface area contributed by atoms with E-state index in [0.29, 0.717) is 0 Å². The van der Waals surface area contributed by atoms with Gasteiger partial charge in [0.15, 0.2) is 0 Å². The Bertz CT molecular complexity index is 109. The lowest BCUT2D eigenvalue weighted by Gasteiger charge is -2.00. The minimum absolute atomic E-state index is 0.838. The molecule has 0 atom stereocenters. The molecule has 0 aliphatic heterocycles. The van der Waals surface area contributed by atoms with Crippen molar-refractivity contribution in [3.05, 3.63) is 0 Å². The van der Waals surface area contributed by atoms with E-state index in [9.17, 15) is 0 Å². The van der Waals surface area contributed by atoms with E-state index in [-0.39, 0.29) is 0 Å². The first-order chi connectivity index (χ1) is 5.41. The van der Waals surface area contributed by atoms with Crippen molar-refractivity contribution < 1.29 is 0 Å². The first-order valence-corrected chi connectivity index (χ1v) is 6.17. The van der Waals surface area contributed by atoms with Crippen LogP contribution in [0.4, 0.5) is 0 Å². The molecule has 0 saturated carbocycles. The Morgan fingerprint density at radius 3 is 2.73 bits per heavy atom. The van der Waals surface area contributed by atoms with E-state index in [2.05, 4.69) is 17.5 Å². The first kappa shape index (κ1) is 11.2. The van der Waals surface area contributed by atoms with E-state index in [1.54, 1.807) is 11.8 Å². The summed E-state index contributed by atoms with van der Waals surface area (Å²) in [6.45, 7) is 2.19. The van der Waals surface area contributed by atoms with Crippen molar-refractivity contribution in [3.8, 4) is 12.3 Å². The Balaban J connectivity index is 2.75. The molecular weight excluding hydrogens is 174 g/mol. The van der Waals surface area contributed by atoms with Gasteiger partial charge in [-0.25, -0.2) is 0 Å². The van der Waals surface area contributed by atoms with Gasteiger partial charge in [-0.05, 0) is 6.26 Å². The number of hydrogen-bond donors (Lipinski definition) is 1. The fourth-order valence-electron chi connectivity index (χ4n) is 0.575. The van der Waals surface area contributed by atoms with Crippen LogP contribution in [0.5, 0.6) is 0 Å². The van der Waals surface area contributed by atoms with Crippen LogP contribution in [0.3, 0.4) is 0 Å². The van der Waals surface area contributed by atoms with Crippen LogP contribution < -0.4 is 5.32 Å². The van der Waals surface area contributed by atoms with Gasteiger partial charge in [0.05, 0.1) is 5.75 Å². The van der Waals surface area contributed by atoms with E-state index in [1.807, 2.05) is 11.8 Å². The predicted molar refractivity (Wildman–Crippen MR) is 57.4 cm³/mol. The molecule has 1 nitrogen and oxygen atoms in total. The zero-order valence-electron chi connectivity index (χ0n) is 6.93. The van der Waals surface area contributed by atoms with Crippen LogP contribution in [0, 0.1) is 12.3 Å². The lowest BCUT2D eigenvalue weighted by molar-refractivity contribution is 0.775. The van der Waals surface area contributed by atoms with E-state index >= 15 is 0 Å². The van der Waals surface area contributed by atoms with Gasteiger partial charge >= 0.3 is 0 Å². The average Bonchev–Trinajstić information content (AvgIpc) is 2.03. The van der Waals surface area contributed by atoms with Crippen molar-refractivity contribution in [2.45, 2.75) is 0 Å². The quantitative estimate of drug-likeness (QED) is 0.479. The molecule has 0 aliphatic carbocycles. The Kier molecular flexibility index (Phi) is 10.4. The highest BCUT2D eigenvalue weighted by Crippen LogP contribution is 1.95. The standard InChI is InChI=1S/C8H15NS2/c1-3-6-11-8-5-9-4-7-10-2/h1,9H,4-8H2,2H3. The number of thioether (sulfide) groups is 2. The highest BCUT2D eigenvalue weighted by Gasteiger charge is 1.86. The highest BCUT2D eigenvalue weighted by atomic mass is 32.2. The second-order valence-electron chi connectivity index (χ2n) is 2.00. The van der Waals surface area contributed by atoms with Gasteiger partial charge in [0.25, 0.3) is 0 Å². The summed E-state index contributed by atoms with van der Waals surface area (Å²) in [5.74, 6) is 5.76. The molecule has 0 rings (SSSR count). The summed E-state index contributed by atoms with van der Waals surface area (Å²) in [5.41, 5.74) is 0. The molecule has 1 N–H and O–H groups in total. The molecule has 0 aliphatic rings. The SMILES string of the molecule is C#CCSCCNCCSC. The molecular formula is C8H15NS2. The van der Waals surface area contributed by atoms with Crippen LogP contribution in [0.15, 0.2) is 0 Å². The lowest BCUT2D eigenvalue weighted by atomic mass is 10.7. The van der Waals surface area contributed by atoms with Crippen LogP contribution in [0.1, 0.15) is 0 Å². The van der Waals surface area contributed by atoms with Gasteiger partial charge < -0.3 is 5.32 Å². The second kappa shape index (κ2) is 10.2. The normalized spacial score (nSPS) is 9.45. The second-order valence-corrected chi connectivity index (χ2v) is 4.09. The molecule has 0 aromatic heterocycles. The fraction of sp³-hybridized carbons (Fsp3) is 0.750. The summed E-state index contributed by atoms with van der Waals surface area (Å²) in [5, 5.41) is 3.33. The molecule has 64 valence electrons. The fourth-order valence-corrected chi connectivity index (χ4v) is 1.47. The van der Waals surface area contributed by atoms with Gasteiger partial charge in [-0.15, -0.1) is 18.2 Å². The summed E-state index contributed by atoms with van der Waals surface area (Å²) in [4.78, 5) is 0. The van der Waals surface area contributed by atoms with Crippen molar-refractivity contribution in [2.24, 2.45) is 0 Å². The van der Waals surface area contributed by atoms with E-state index in [1.165, 1.54) is 5.75 Å². The van der Waals surface area contributed by atoms with Gasteiger partial charge in [-0.1, -0.05) is 5.92 Å². The van der Waals surface area contributed by atoms with Crippen LogP contribution in [-0.4, -0.2) is 36.6 Å². The minimum Gasteiger partial charge on any atom is -0.315 e. The third-order valence-electron chi connectivity index (χ3n) is 1.09. The summed E-state index contributed by atoms with van der Waals surface area (Å²) >= 11 is 3.67. The average molecular weight is 189 g/mol. The van der Waals surface area contributed by atoms with Crippen molar-refractivity contribution in [3.63, 3.8) is 0 Å². The summed E-state index contributed by atoms with van der Waals surface area (Å²) in [6.07, 6.45) is 7.22. The minimum atomic E-state index is 0.838. The van der Waals surface area contributed by atoms with Gasteiger partial charge in [0, 0.05) is 24.6 Å². The third-order valence-corrected chi connectivity index (χ3v) is 2.57. The number of terminal acetylenes is 1. The molecule has 0 saturated heterocycles. The zero-order valence-corrected chi connectivity index (χ0v) is 8.56. The lowest BCUT2D eigenvalue weighted by Crippen LogP contribution is -2.19. The Labute approximate surface area is 78.1 Å². The molecule has 0 aromatic rings. The Morgan fingerprint density at radius 2 is 2.09 bits per heavy atom. The van der Waals surface area contributed by atoms with Crippen molar-refractivity contribution >= 4 is 23.5 Å². The molecule has 0 heterocycles. The van der Waals surface area contributed by atoms with E-state index in [0.717, 1.165) is 24.6 Å².